The van der Waals surface area contributed by atoms with Gasteiger partial charge >= 0.3 is 0 Å². The molecule has 0 aliphatic carbocycles. The highest BCUT2D eigenvalue weighted by Crippen LogP contribution is 2.22. The molecule has 0 radical (unpaired) electrons. The zero-order valence-electron chi connectivity index (χ0n) is 23.6. The largest absolute Gasteiger partial charge is 0.345 e. The van der Waals surface area contributed by atoms with E-state index in [9.17, 15) is 19.2 Å². The number of Topliss-reactive ketones (excluding diaryl/α,β-unsaturated/α-hetero) is 1. The molecule has 0 fully saturated rings. The fraction of sp³-hybridized carbons (Fsp3) is 0.0571. The van der Waals surface area contributed by atoms with Crippen LogP contribution < -0.4 is 0 Å². The van der Waals surface area contributed by atoms with E-state index in [1.54, 1.807) is 92.4 Å². The maximum atomic E-state index is 12.8. The van der Waals surface area contributed by atoms with Crippen molar-refractivity contribution in [1.29, 1.82) is 5.26 Å². The van der Waals surface area contributed by atoms with Gasteiger partial charge in [0.2, 0.25) is 0 Å². The second kappa shape index (κ2) is 13.1. The molecular weight excluding hydrogens is 554 g/mol. The monoisotopic (exact) mass is 579 g/mol. The molecule has 4 aromatic heterocycles. The molecule has 6 aromatic rings. The number of aromatic amines is 2. The second-order valence-electron chi connectivity index (χ2n) is 9.68. The molecule has 9 heteroatoms. The summed E-state index contributed by atoms with van der Waals surface area (Å²) in [6.07, 6.45) is 9.12. The maximum absolute atomic E-state index is 12.8. The molecule has 0 spiro atoms. The van der Waals surface area contributed by atoms with Gasteiger partial charge in [0.25, 0.3) is 0 Å². The van der Waals surface area contributed by atoms with Crippen LogP contribution in [0.15, 0.2) is 103 Å². The Morgan fingerprint density at radius 3 is 1.80 bits per heavy atom. The van der Waals surface area contributed by atoms with Crippen molar-refractivity contribution in [1.82, 2.24) is 19.9 Å². The van der Waals surface area contributed by atoms with Crippen LogP contribution in [0.3, 0.4) is 0 Å². The van der Waals surface area contributed by atoms with Crippen LogP contribution in [0, 0.1) is 11.3 Å². The molecule has 0 saturated heterocycles. The lowest BCUT2D eigenvalue weighted by atomic mass is 10.00. The van der Waals surface area contributed by atoms with Gasteiger partial charge in [-0.15, -0.1) is 0 Å². The fourth-order valence-corrected chi connectivity index (χ4v) is 4.65. The summed E-state index contributed by atoms with van der Waals surface area (Å²) in [5, 5.41) is 10.7. The van der Waals surface area contributed by atoms with E-state index in [4.69, 9.17) is 5.26 Å². The lowest BCUT2D eigenvalue weighted by molar-refractivity contribution is -0.114. The van der Waals surface area contributed by atoms with Gasteiger partial charge in [-0.3, -0.25) is 19.2 Å². The molecule has 6 rings (SSSR count). The first kappa shape index (κ1) is 29.2. The summed E-state index contributed by atoms with van der Waals surface area (Å²) in [6.45, 7) is 1.71. The normalized spacial score (nSPS) is 11.0. The van der Waals surface area contributed by atoms with Crippen LogP contribution in [0.4, 0.5) is 0 Å². The van der Waals surface area contributed by atoms with Crippen LogP contribution in [0.25, 0.3) is 28.1 Å². The van der Waals surface area contributed by atoms with Crippen LogP contribution in [0.2, 0.25) is 0 Å². The highest BCUT2D eigenvalue weighted by molar-refractivity contribution is 6.17. The third-order valence-corrected chi connectivity index (χ3v) is 6.88. The number of hydrogen-bond donors (Lipinski definition) is 2. The van der Waals surface area contributed by atoms with Crippen molar-refractivity contribution in [3.8, 4) is 6.07 Å². The molecule has 9 nitrogen and oxygen atoms in total. The summed E-state index contributed by atoms with van der Waals surface area (Å²) in [5.41, 5.74) is 4.63. The Morgan fingerprint density at radius 1 is 0.773 bits per heavy atom. The summed E-state index contributed by atoms with van der Waals surface area (Å²) in [4.78, 5) is 62.0. The Kier molecular flexibility index (Phi) is 8.73. The number of rotatable bonds is 8. The number of nitrogens with zero attached hydrogens (tertiary/aromatic N) is 3. The fourth-order valence-electron chi connectivity index (χ4n) is 4.65. The van der Waals surface area contributed by atoms with Gasteiger partial charge in [-0.25, -0.2) is 9.97 Å². The number of nitriles is 1. The molecule has 0 saturated carbocycles. The molecule has 44 heavy (non-hydrogen) atoms. The average Bonchev–Trinajstić information content (AvgIpc) is 3.71. The zero-order valence-corrected chi connectivity index (χ0v) is 23.6. The molecule has 0 aliphatic heterocycles. The number of hydrogen-bond acceptors (Lipinski definition) is 7. The summed E-state index contributed by atoms with van der Waals surface area (Å²) in [6, 6.07) is 22.7. The van der Waals surface area contributed by atoms with Crippen molar-refractivity contribution in [2.45, 2.75) is 13.3 Å². The van der Waals surface area contributed by atoms with Crippen molar-refractivity contribution in [2.24, 2.45) is 0 Å². The quantitative estimate of drug-likeness (QED) is 0.0931. The summed E-state index contributed by atoms with van der Waals surface area (Å²) in [7, 11) is 0. The standard InChI is InChI=1S/C20H15N3O2.C15H10N2O2/c1-2-18(24)15(11-21)10-13-5-3-6-14(9-13)19(25)17-12-23-20-16(17)7-4-8-22-20;18-9-10-3-1-4-11(7-10)14(19)13-8-17-15-12(13)5-2-6-16-15/h3-10,12H,2H2,1H3,(H,22,23);1-9H,(H,16,17)/b15-10+;. The van der Waals surface area contributed by atoms with E-state index in [2.05, 4.69) is 19.9 Å². The van der Waals surface area contributed by atoms with Gasteiger partial charge in [0.15, 0.2) is 17.3 Å². The first-order valence-corrected chi connectivity index (χ1v) is 13.7. The van der Waals surface area contributed by atoms with E-state index < -0.39 is 0 Å². The second-order valence-corrected chi connectivity index (χ2v) is 9.68. The molecule has 0 atom stereocenters. The number of carbonyl (C=O) groups excluding carboxylic acids is 4. The van der Waals surface area contributed by atoms with E-state index in [1.165, 1.54) is 6.08 Å². The molecule has 4 heterocycles. The van der Waals surface area contributed by atoms with E-state index in [0.29, 0.717) is 44.7 Å². The molecule has 0 aliphatic rings. The maximum Gasteiger partial charge on any atom is 0.195 e. The molecule has 214 valence electrons. The smallest absolute Gasteiger partial charge is 0.195 e. The first-order valence-electron chi connectivity index (χ1n) is 13.7. The minimum atomic E-state index is -0.220. The molecule has 0 unspecified atom stereocenters. The summed E-state index contributed by atoms with van der Waals surface area (Å²) < 4.78 is 0. The van der Waals surface area contributed by atoms with Gasteiger partial charge in [0.1, 0.15) is 23.6 Å². The highest BCUT2D eigenvalue weighted by Gasteiger charge is 2.16. The number of benzene rings is 2. The lowest BCUT2D eigenvalue weighted by Gasteiger charge is -2.02. The number of aromatic nitrogens is 4. The van der Waals surface area contributed by atoms with Crippen molar-refractivity contribution < 1.29 is 19.2 Å². The predicted molar refractivity (Wildman–Crippen MR) is 166 cm³/mol. The molecule has 0 bridgehead atoms. The van der Waals surface area contributed by atoms with E-state index in [1.807, 2.05) is 18.2 Å². The minimum Gasteiger partial charge on any atom is -0.345 e. The minimum absolute atomic E-state index is 0.0865. The number of carbonyl (C=O) groups is 4. The average molecular weight is 580 g/mol. The zero-order chi connectivity index (χ0) is 31.1. The Balaban J connectivity index is 0.000000181. The van der Waals surface area contributed by atoms with E-state index in [0.717, 1.165) is 17.1 Å². The Morgan fingerprint density at radius 2 is 1.30 bits per heavy atom. The van der Waals surface area contributed by atoms with Crippen molar-refractivity contribution in [3.05, 3.63) is 137 Å². The van der Waals surface area contributed by atoms with Crippen LogP contribution in [-0.2, 0) is 4.79 Å². The molecule has 2 aromatic carbocycles. The van der Waals surface area contributed by atoms with Crippen LogP contribution in [0.5, 0.6) is 0 Å². The number of H-pyrrole nitrogens is 2. The lowest BCUT2D eigenvalue weighted by Crippen LogP contribution is -2.01. The van der Waals surface area contributed by atoms with Gasteiger partial charge < -0.3 is 9.97 Å². The van der Waals surface area contributed by atoms with Gasteiger partial charge in [-0.1, -0.05) is 43.3 Å². The Bertz CT molecular complexity index is 2110. The van der Waals surface area contributed by atoms with Gasteiger partial charge in [0.05, 0.1) is 5.57 Å². The number of pyridine rings is 2. The van der Waals surface area contributed by atoms with Crippen LogP contribution in [0.1, 0.15) is 61.1 Å². The predicted octanol–water partition coefficient (Wildman–Crippen LogP) is 6.29. The van der Waals surface area contributed by atoms with Crippen molar-refractivity contribution >= 4 is 51.8 Å². The first-order chi connectivity index (χ1) is 21.4. The number of fused-ring (bicyclic) bond motifs is 2. The number of ketones is 3. The number of allylic oxidation sites excluding steroid dienone is 1. The summed E-state index contributed by atoms with van der Waals surface area (Å²) >= 11 is 0. The van der Waals surface area contributed by atoms with Crippen LogP contribution in [-0.4, -0.2) is 43.6 Å². The van der Waals surface area contributed by atoms with E-state index >= 15 is 0 Å². The molecular formula is C35H25N5O4. The highest BCUT2D eigenvalue weighted by atomic mass is 16.1. The SMILES string of the molecule is CCC(=O)/C(C#N)=C/c1cccc(C(=O)c2c[nH]c3ncccc23)c1.O=Cc1cccc(C(=O)c2c[nH]c3ncccc23)c1. The van der Waals surface area contributed by atoms with Gasteiger partial charge in [-0.2, -0.15) is 5.26 Å². The molecule has 0 amide bonds. The Labute approximate surface area is 251 Å². The van der Waals surface area contributed by atoms with Gasteiger partial charge in [-0.05, 0) is 48.0 Å². The number of nitrogens with one attached hydrogen (secondary N) is 2. The summed E-state index contributed by atoms with van der Waals surface area (Å²) in [5.74, 6) is -0.486. The van der Waals surface area contributed by atoms with Gasteiger partial charge in [0, 0.05) is 69.8 Å². The van der Waals surface area contributed by atoms with Crippen molar-refractivity contribution in [2.75, 3.05) is 0 Å². The van der Waals surface area contributed by atoms with E-state index in [-0.39, 0.29) is 29.3 Å². The van der Waals surface area contributed by atoms with Crippen molar-refractivity contribution in [3.63, 3.8) is 0 Å². The third-order valence-electron chi connectivity index (χ3n) is 6.88. The molecule has 2 N–H and O–H groups in total. The van der Waals surface area contributed by atoms with Crippen LogP contribution >= 0.6 is 0 Å². The Hall–Kier alpha value is -6.27. The topological polar surface area (TPSA) is 149 Å². The number of aldehydes is 1. The third kappa shape index (κ3) is 6.15.